The molecule has 5 nitrogen and oxygen atoms in total. The molecule has 0 aromatic carbocycles. The van der Waals surface area contributed by atoms with Crippen molar-refractivity contribution in [2.24, 2.45) is 11.1 Å². The van der Waals surface area contributed by atoms with Crippen molar-refractivity contribution >= 4 is 23.6 Å². The first-order valence-electron chi connectivity index (χ1n) is 6.42. The van der Waals surface area contributed by atoms with Gasteiger partial charge in [-0.3, -0.25) is 9.59 Å². The molecule has 1 amide bonds. The summed E-state index contributed by atoms with van der Waals surface area (Å²) in [5.74, 6) is -0.353. The molecule has 0 bridgehead atoms. The second-order valence-electron chi connectivity index (χ2n) is 5.96. The van der Waals surface area contributed by atoms with E-state index < -0.39 is 12.0 Å². The molecule has 0 aromatic heterocycles. The van der Waals surface area contributed by atoms with Gasteiger partial charge in [0.15, 0.2) is 0 Å². The Balaban J connectivity index is 4.45. The fourth-order valence-electron chi connectivity index (χ4n) is 1.81. The van der Waals surface area contributed by atoms with Gasteiger partial charge in [0.25, 0.3) is 0 Å². The number of thioether (sulfide) groups is 1. The summed E-state index contributed by atoms with van der Waals surface area (Å²) in [4.78, 5) is 22.7. The Kier molecular flexibility index (Phi) is 8.09. The van der Waals surface area contributed by atoms with Crippen LogP contribution in [0.3, 0.4) is 0 Å². The van der Waals surface area contributed by atoms with Gasteiger partial charge in [-0.1, -0.05) is 20.8 Å². The molecule has 2 atom stereocenters. The summed E-state index contributed by atoms with van der Waals surface area (Å²) in [6.45, 7) is 6.05. The van der Waals surface area contributed by atoms with Crippen LogP contribution in [-0.4, -0.2) is 41.1 Å². The molecule has 0 fully saturated rings. The minimum atomic E-state index is -0.910. The average Bonchev–Trinajstić information content (AvgIpc) is 2.22. The molecule has 0 saturated carbocycles. The molecule has 19 heavy (non-hydrogen) atoms. The number of nitrogens with two attached hydrogens (primary N) is 1. The van der Waals surface area contributed by atoms with Crippen LogP contribution in [-0.2, 0) is 9.59 Å². The van der Waals surface area contributed by atoms with Crippen LogP contribution in [0, 0.1) is 5.41 Å². The van der Waals surface area contributed by atoms with Gasteiger partial charge in [-0.15, -0.1) is 0 Å². The molecular weight excluding hydrogens is 264 g/mol. The maximum absolute atomic E-state index is 11.9. The maximum Gasteiger partial charge on any atom is 0.305 e. The number of carbonyl (C=O) groups is 2. The van der Waals surface area contributed by atoms with Crippen molar-refractivity contribution in [1.82, 2.24) is 5.32 Å². The van der Waals surface area contributed by atoms with Crippen molar-refractivity contribution in [3.63, 3.8) is 0 Å². The highest BCUT2D eigenvalue weighted by Gasteiger charge is 2.24. The molecular formula is C13H26N2O3S. The highest BCUT2D eigenvalue weighted by atomic mass is 32.2. The molecule has 6 heteroatoms. The number of hydrogen-bond acceptors (Lipinski definition) is 4. The zero-order valence-electron chi connectivity index (χ0n) is 12.2. The first kappa shape index (κ1) is 18.2. The predicted octanol–water partition coefficient (Wildman–Crippen LogP) is 1.46. The van der Waals surface area contributed by atoms with Gasteiger partial charge in [-0.2, -0.15) is 11.8 Å². The van der Waals surface area contributed by atoms with Crippen LogP contribution in [0.25, 0.3) is 0 Å². The van der Waals surface area contributed by atoms with Crippen molar-refractivity contribution in [2.75, 3.05) is 12.0 Å². The minimum Gasteiger partial charge on any atom is -0.481 e. The van der Waals surface area contributed by atoms with Crippen LogP contribution in [0.4, 0.5) is 0 Å². The van der Waals surface area contributed by atoms with Gasteiger partial charge in [0.05, 0.1) is 12.5 Å². The third-order valence-electron chi connectivity index (χ3n) is 2.60. The number of carboxylic acid groups (broad SMARTS) is 1. The van der Waals surface area contributed by atoms with Crippen LogP contribution in [0.2, 0.25) is 0 Å². The number of hydrogen-bond donors (Lipinski definition) is 3. The van der Waals surface area contributed by atoms with E-state index in [1.807, 2.05) is 27.0 Å². The van der Waals surface area contributed by atoms with E-state index in [0.29, 0.717) is 12.8 Å². The lowest BCUT2D eigenvalue weighted by Gasteiger charge is -2.26. The van der Waals surface area contributed by atoms with Crippen LogP contribution in [0.15, 0.2) is 0 Å². The fraction of sp³-hybridized carbons (Fsp3) is 0.846. The molecule has 0 spiro atoms. The highest BCUT2D eigenvalue weighted by molar-refractivity contribution is 7.98. The van der Waals surface area contributed by atoms with Crippen molar-refractivity contribution in [3.05, 3.63) is 0 Å². The second-order valence-corrected chi connectivity index (χ2v) is 6.94. The SMILES string of the molecule is CSCC[C@H](N)C(=O)NC(CC(=O)O)CC(C)(C)C. The van der Waals surface area contributed by atoms with Gasteiger partial charge >= 0.3 is 5.97 Å². The van der Waals surface area contributed by atoms with Gasteiger partial charge in [0.2, 0.25) is 5.91 Å². The van der Waals surface area contributed by atoms with E-state index in [-0.39, 0.29) is 23.8 Å². The molecule has 4 N–H and O–H groups in total. The smallest absolute Gasteiger partial charge is 0.305 e. The third kappa shape index (κ3) is 9.78. The number of aliphatic carboxylic acids is 1. The summed E-state index contributed by atoms with van der Waals surface area (Å²) in [6.07, 6.45) is 3.10. The summed E-state index contributed by atoms with van der Waals surface area (Å²) in [6, 6.07) is -0.936. The molecule has 0 aromatic rings. The number of carboxylic acids is 1. The van der Waals surface area contributed by atoms with Gasteiger partial charge in [-0.05, 0) is 30.3 Å². The zero-order valence-corrected chi connectivity index (χ0v) is 13.0. The van der Waals surface area contributed by atoms with Crippen molar-refractivity contribution < 1.29 is 14.7 Å². The molecule has 0 aliphatic carbocycles. The van der Waals surface area contributed by atoms with Crippen molar-refractivity contribution in [1.29, 1.82) is 0 Å². The molecule has 0 aliphatic rings. The molecule has 0 rings (SSSR count). The molecule has 1 unspecified atom stereocenters. The normalized spacial score (nSPS) is 14.8. The Morgan fingerprint density at radius 2 is 1.95 bits per heavy atom. The minimum absolute atomic E-state index is 0.0449. The lowest BCUT2D eigenvalue weighted by Crippen LogP contribution is -2.47. The Morgan fingerprint density at radius 1 is 1.37 bits per heavy atom. The molecule has 112 valence electrons. The van der Waals surface area contributed by atoms with Crippen molar-refractivity contribution in [3.8, 4) is 0 Å². The quantitative estimate of drug-likeness (QED) is 0.629. The first-order valence-corrected chi connectivity index (χ1v) is 7.82. The average molecular weight is 290 g/mol. The van der Waals surface area contributed by atoms with Gasteiger partial charge in [-0.25, -0.2) is 0 Å². The van der Waals surface area contributed by atoms with E-state index in [4.69, 9.17) is 10.8 Å². The van der Waals surface area contributed by atoms with Crippen LogP contribution in [0.1, 0.15) is 40.0 Å². The first-order chi connectivity index (χ1) is 8.65. The molecule has 0 heterocycles. The van der Waals surface area contributed by atoms with Crippen LogP contribution in [0.5, 0.6) is 0 Å². The molecule has 0 aliphatic heterocycles. The van der Waals surface area contributed by atoms with Crippen LogP contribution >= 0.6 is 11.8 Å². The Bertz CT molecular complexity index is 303. The van der Waals surface area contributed by atoms with E-state index in [9.17, 15) is 9.59 Å². The van der Waals surface area contributed by atoms with Gasteiger partial charge in [0, 0.05) is 6.04 Å². The standard InChI is InChI=1S/C13H26N2O3S/c1-13(2,3)8-9(7-11(16)17)15-12(18)10(14)5-6-19-4/h9-10H,5-8,14H2,1-4H3,(H,15,18)(H,16,17)/t9?,10-/m0/s1. The maximum atomic E-state index is 11.9. The number of amides is 1. The van der Waals surface area contributed by atoms with Gasteiger partial charge in [0.1, 0.15) is 0 Å². The Labute approximate surface area is 119 Å². The zero-order chi connectivity index (χ0) is 15.1. The fourth-order valence-corrected chi connectivity index (χ4v) is 2.30. The van der Waals surface area contributed by atoms with Crippen molar-refractivity contribution in [2.45, 2.75) is 52.1 Å². The molecule has 0 radical (unpaired) electrons. The molecule has 0 saturated heterocycles. The Morgan fingerprint density at radius 3 is 2.37 bits per heavy atom. The monoisotopic (exact) mass is 290 g/mol. The summed E-state index contributed by atoms with van der Waals surface area (Å²) < 4.78 is 0. The van der Waals surface area contributed by atoms with E-state index in [1.54, 1.807) is 11.8 Å². The second kappa shape index (κ2) is 8.43. The summed E-state index contributed by atoms with van der Waals surface area (Å²) in [7, 11) is 0. The summed E-state index contributed by atoms with van der Waals surface area (Å²) in [5.41, 5.74) is 5.73. The number of nitrogens with one attached hydrogen (secondary N) is 1. The lowest BCUT2D eigenvalue weighted by atomic mass is 9.87. The van der Waals surface area contributed by atoms with E-state index in [2.05, 4.69) is 5.32 Å². The lowest BCUT2D eigenvalue weighted by molar-refractivity contribution is -0.138. The van der Waals surface area contributed by atoms with E-state index in [1.165, 1.54) is 0 Å². The number of carbonyl (C=O) groups excluding carboxylic acids is 1. The predicted molar refractivity (Wildman–Crippen MR) is 79.2 cm³/mol. The highest BCUT2D eigenvalue weighted by Crippen LogP contribution is 2.22. The topological polar surface area (TPSA) is 92.4 Å². The number of rotatable bonds is 8. The van der Waals surface area contributed by atoms with Gasteiger partial charge < -0.3 is 16.2 Å². The Hall–Kier alpha value is -0.750. The summed E-state index contributed by atoms with van der Waals surface area (Å²) in [5, 5.41) is 11.6. The van der Waals surface area contributed by atoms with E-state index >= 15 is 0 Å². The van der Waals surface area contributed by atoms with Crippen LogP contribution < -0.4 is 11.1 Å². The van der Waals surface area contributed by atoms with E-state index in [0.717, 1.165) is 5.75 Å². The largest absolute Gasteiger partial charge is 0.481 e. The summed E-state index contributed by atoms with van der Waals surface area (Å²) >= 11 is 1.63. The third-order valence-corrected chi connectivity index (χ3v) is 3.24.